The Kier molecular flexibility index (Phi) is 13.0. The van der Waals surface area contributed by atoms with Gasteiger partial charge in [-0.3, -0.25) is 24.6 Å². The smallest absolute Gasteiger partial charge is 0.229 e. The lowest BCUT2D eigenvalue weighted by atomic mass is 9.37. The summed E-state index contributed by atoms with van der Waals surface area (Å²) in [7, 11) is 0. The molecule has 5 atom stereocenters. The van der Waals surface area contributed by atoms with Crippen LogP contribution in [0.4, 0.5) is 0 Å². The molecule has 53 heavy (non-hydrogen) atoms. The van der Waals surface area contributed by atoms with Gasteiger partial charge in [-0.2, -0.15) is 0 Å². The van der Waals surface area contributed by atoms with E-state index < -0.39 is 27.9 Å². The Hall–Kier alpha value is -4.04. The van der Waals surface area contributed by atoms with Gasteiger partial charge in [0.15, 0.2) is 0 Å². The molecule has 5 unspecified atom stereocenters. The highest BCUT2D eigenvalue weighted by Crippen LogP contribution is 2.68. The van der Waals surface area contributed by atoms with Crippen molar-refractivity contribution in [1.82, 2.24) is 10.6 Å². The van der Waals surface area contributed by atoms with E-state index >= 15 is 0 Å². The minimum Gasteiger partial charge on any atom is -0.350 e. The van der Waals surface area contributed by atoms with Crippen LogP contribution in [0.1, 0.15) is 104 Å². The average Bonchev–Trinajstić information content (AvgIpc) is 3.08. The Labute approximate surface area is 321 Å². The fourth-order valence-corrected chi connectivity index (χ4v) is 9.88. The summed E-state index contributed by atoms with van der Waals surface area (Å²) in [5.74, 6) is -1.39. The van der Waals surface area contributed by atoms with E-state index in [2.05, 4.69) is 90.5 Å². The van der Waals surface area contributed by atoms with Crippen molar-refractivity contribution >= 4 is 40.2 Å². The number of thioether (sulfide) groups is 1. The second-order valence-electron chi connectivity index (χ2n) is 16.7. The molecule has 0 saturated heterocycles. The molecule has 3 N–H and O–H groups in total. The van der Waals surface area contributed by atoms with Gasteiger partial charge >= 0.3 is 0 Å². The number of rotatable bonds is 10. The summed E-state index contributed by atoms with van der Waals surface area (Å²) < 4.78 is 0. The van der Waals surface area contributed by atoms with Crippen LogP contribution in [0.3, 0.4) is 0 Å². The molecule has 2 bridgehead atoms. The maximum absolute atomic E-state index is 14.0. The van der Waals surface area contributed by atoms with Crippen LogP contribution in [0.2, 0.25) is 0 Å². The molecule has 2 heterocycles. The quantitative estimate of drug-likeness (QED) is 0.128. The zero-order chi connectivity index (χ0) is 39.4. The van der Waals surface area contributed by atoms with Gasteiger partial charge in [-0.25, -0.2) is 0 Å². The van der Waals surface area contributed by atoms with Gasteiger partial charge < -0.3 is 10.6 Å². The number of fused-ring (bicyclic) bond motifs is 13. The van der Waals surface area contributed by atoms with Gasteiger partial charge in [0.1, 0.15) is 0 Å². The van der Waals surface area contributed by atoms with Crippen LogP contribution in [0, 0.1) is 33.5 Å². The SMILES string of the molecule is C=C1NC(=O)Cc2ccc(cc2)CC(C(C)(C)C)(C2(C)C=C(CC(=O)C(=O)C(=C)CCC)C2C)C(C)C(C)(NC(=O)Cc2ccccc2)CCC(=N)S1. The van der Waals surface area contributed by atoms with E-state index in [0.717, 1.165) is 40.4 Å². The second kappa shape index (κ2) is 16.5. The number of amides is 2. The number of Topliss-reactive ketones (excluding diaryl/α,β-unsaturated/α-hetero) is 2. The Morgan fingerprint density at radius 2 is 1.62 bits per heavy atom. The first kappa shape index (κ1) is 41.7. The zero-order valence-electron chi connectivity index (χ0n) is 33.0. The monoisotopic (exact) mass is 737 g/mol. The summed E-state index contributed by atoms with van der Waals surface area (Å²) in [5, 5.41) is 16.0. The minimum absolute atomic E-state index is 0.0459. The fraction of sp³-hybridized carbons (Fsp3) is 0.489. The Balaban J connectivity index is 1.89. The largest absolute Gasteiger partial charge is 0.350 e. The van der Waals surface area contributed by atoms with E-state index in [9.17, 15) is 19.2 Å². The Morgan fingerprint density at radius 3 is 2.21 bits per heavy atom. The lowest BCUT2D eigenvalue weighted by molar-refractivity contribution is -0.142. The summed E-state index contributed by atoms with van der Waals surface area (Å²) >= 11 is 1.14. The summed E-state index contributed by atoms with van der Waals surface area (Å²) in [5.41, 5.74) is 2.08. The van der Waals surface area contributed by atoms with Gasteiger partial charge in [0.2, 0.25) is 23.4 Å². The number of carbonyl (C=O) groups is 4. The molecule has 1 aliphatic carbocycles. The maximum Gasteiger partial charge on any atom is 0.229 e. The van der Waals surface area contributed by atoms with Crippen LogP contribution in [-0.4, -0.2) is 34.0 Å². The third-order valence-corrected chi connectivity index (χ3v) is 13.1. The predicted octanol–water partition coefficient (Wildman–Crippen LogP) is 9.12. The topological polar surface area (TPSA) is 116 Å². The zero-order valence-corrected chi connectivity index (χ0v) is 33.9. The van der Waals surface area contributed by atoms with Crippen molar-refractivity contribution in [2.45, 2.75) is 112 Å². The highest BCUT2D eigenvalue weighted by atomic mass is 32.2. The number of benzene rings is 2. The van der Waals surface area contributed by atoms with Crippen molar-refractivity contribution < 1.29 is 19.2 Å². The van der Waals surface area contributed by atoms with Crippen LogP contribution < -0.4 is 10.6 Å². The Morgan fingerprint density at radius 1 is 1.00 bits per heavy atom. The lowest BCUT2D eigenvalue weighted by Gasteiger charge is -2.67. The molecule has 0 aromatic heterocycles. The summed E-state index contributed by atoms with van der Waals surface area (Å²) in [4.78, 5) is 53.2. The molecule has 2 aromatic carbocycles. The van der Waals surface area contributed by atoms with Crippen molar-refractivity contribution in [2.24, 2.45) is 28.1 Å². The van der Waals surface area contributed by atoms with Gasteiger partial charge in [-0.05, 0) is 83.0 Å². The van der Waals surface area contributed by atoms with E-state index in [0.29, 0.717) is 41.3 Å². The Bertz CT molecular complexity index is 1790. The highest BCUT2D eigenvalue weighted by Gasteiger charge is 2.65. The van der Waals surface area contributed by atoms with E-state index in [1.54, 1.807) is 0 Å². The number of hydrogen-bond donors (Lipinski definition) is 3. The van der Waals surface area contributed by atoms with Crippen molar-refractivity contribution in [3.8, 4) is 0 Å². The molecule has 0 radical (unpaired) electrons. The van der Waals surface area contributed by atoms with E-state index in [-0.39, 0.29) is 48.3 Å². The number of ketones is 2. The van der Waals surface area contributed by atoms with Crippen molar-refractivity contribution in [3.63, 3.8) is 0 Å². The summed E-state index contributed by atoms with van der Waals surface area (Å²) in [6, 6.07) is 17.9. The average molecular weight is 738 g/mol. The molecular formula is C45H59N3O4S. The minimum atomic E-state index is -0.788. The van der Waals surface area contributed by atoms with Crippen molar-refractivity contribution in [3.05, 3.63) is 107 Å². The molecule has 5 rings (SSSR count). The normalized spacial score (nSPS) is 26.9. The van der Waals surface area contributed by atoms with Gasteiger partial charge in [0.05, 0.1) is 22.9 Å². The van der Waals surface area contributed by atoms with E-state index in [1.807, 2.05) is 49.4 Å². The molecule has 0 spiro atoms. The first-order valence-corrected chi connectivity index (χ1v) is 19.7. The van der Waals surface area contributed by atoms with Gasteiger partial charge in [0.25, 0.3) is 0 Å². The predicted molar refractivity (Wildman–Crippen MR) is 217 cm³/mol. The lowest BCUT2D eigenvalue weighted by Crippen LogP contribution is -2.67. The molecule has 0 fully saturated rings. The first-order valence-electron chi connectivity index (χ1n) is 18.9. The number of allylic oxidation sites excluding steroid dienone is 3. The van der Waals surface area contributed by atoms with Crippen molar-refractivity contribution in [1.29, 1.82) is 5.41 Å². The van der Waals surface area contributed by atoms with Gasteiger partial charge in [0, 0.05) is 12.0 Å². The van der Waals surface area contributed by atoms with Gasteiger partial charge in [-0.1, -0.05) is 146 Å². The number of carbonyl (C=O) groups excluding carboxylic acids is 4. The molecule has 8 heteroatoms. The third-order valence-electron chi connectivity index (χ3n) is 12.3. The van der Waals surface area contributed by atoms with E-state index in [4.69, 9.17) is 5.41 Å². The van der Waals surface area contributed by atoms with Crippen LogP contribution in [0.25, 0.3) is 0 Å². The molecular weight excluding hydrogens is 679 g/mol. The standard InChI is InChI=1S/C45H59N3O4S/c1-11-15-29(2)41(52)37(49)26-36-28-43(9,30(36)3)45(42(6,7)8)27-35-20-18-34(19-21-35)24-39(50)47-32(5)53-38(46)22-23-44(10,31(45)4)48-40(51)25-33-16-13-12-14-17-33/h12-14,16-21,28,30-31,46H,2,5,11,15,22-27H2,1,3-4,6-10H3,(H,47,50)(H,48,51). The molecule has 284 valence electrons. The van der Waals surface area contributed by atoms with Crippen molar-refractivity contribution in [2.75, 3.05) is 0 Å². The van der Waals surface area contributed by atoms with Crippen LogP contribution in [0.15, 0.2) is 90.0 Å². The fourth-order valence-electron chi connectivity index (χ4n) is 9.21. The van der Waals surface area contributed by atoms with E-state index in [1.165, 1.54) is 0 Å². The summed E-state index contributed by atoms with van der Waals surface area (Å²) in [6.45, 7) is 25.5. The van der Waals surface area contributed by atoms with Crippen LogP contribution in [0.5, 0.6) is 0 Å². The van der Waals surface area contributed by atoms with Crippen LogP contribution in [-0.2, 0) is 38.4 Å². The molecule has 0 saturated carbocycles. The molecule has 2 amide bonds. The van der Waals surface area contributed by atoms with Gasteiger partial charge in [-0.15, -0.1) is 0 Å². The number of hydrogen-bond acceptors (Lipinski definition) is 6. The molecule has 2 aliphatic heterocycles. The second-order valence-corrected chi connectivity index (χ2v) is 17.9. The molecule has 7 nitrogen and oxygen atoms in total. The molecule has 2 aromatic rings. The molecule has 3 aliphatic rings. The first-order chi connectivity index (χ1) is 24.8. The number of nitrogens with one attached hydrogen (secondary N) is 3. The summed E-state index contributed by atoms with van der Waals surface area (Å²) in [6.07, 6.45) is 5.47. The maximum atomic E-state index is 14.0. The third kappa shape index (κ3) is 9.02. The van der Waals surface area contributed by atoms with Crippen LogP contribution >= 0.6 is 11.8 Å². The highest BCUT2D eigenvalue weighted by molar-refractivity contribution is 8.17.